The van der Waals surface area contributed by atoms with Crippen LogP contribution in [-0.4, -0.2) is 48.3 Å². The molecular weight excluding hydrogens is 380 g/mol. The highest BCUT2D eigenvalue weighted by Crippen LogP contribution is 2.23. The molecule has 1 aromatic carbocycles. The van der Waals surface area contributed by atoms with Crippen molar-refractivity contribution in [1.29, 1.82) is 0 Å². The molecule has 1 aliphatic heterocycles. The second-order valence-corrected chi connectivity index (χ2v) is 8.35. The van der Waals surface area contributed by atoms with E-state index in [9.17, 15) is 13.2 Å². The van der Waals surface area contributed by atoms with E-state index in [0.717, 1.165) is 11.1 Å². The molecule has 1 aromatic heterocycles. The van der Waals surface area contributed by atoms with Crippen LogP contribution in [0.2, 0.25) is 0 Å². The number of nitrogens with zero attached hydrogens (tertiary/aromatic N) is 3. The summed E-state index contributed by atoms with van der Waals surface area (Å²) in [5, 5.41) is 13.4. The molecule has 2 N–H and O–H groups in total. The van der Waals surface area contributed by atoms with Crippen LogP contribution in [0.15, 0.2) is 58.8 Å². The smallest absolute Gasteiger partial charge is 0.407 e. The maximum Gasteiger partial charge on any atom is 0.407 e. The minimum absolute atomic E-state index is 0.0567. The summed E-state index contributed by atoms with van der Waals surface area (Å²) in [6.45, 7) is 2.65. The summed E-state index contributed by atoms with van der Waals surface area (Å²) in [7, 11) is -3.80. The Hall–Kier alpha value is -2.94. The molecule has 1 fully saturated rings. The fourth-order valence-electron chi connectivity index (χ4n) is 3.14. The highest BCUT2D eigenvalue weighted by atomic mass is 32.2. The molecule has 9 heteroatoms. The van der Waals surface area contributed by atoms with E-state index in [1.807, 2.05) is 6.92 Å². The SMILES string of the molecule is Cc1ccc(S(=O)(=O)N/N=C(\c2ccncc2)C2CCN(C(=O)O)CC2)cc1. The lowest BCUT2D eigenvalue weighted by atomic mass is 9.88. The van der Waals surface area contributed by atoms with E-state index >= 15 is 0 Å². The van der Waals surface area contributed by atoms with Crippen LogP contribution in [0.3, 0.4) is 0 Å². The minimum Gasteiger partial charge on any atom is -0.465 e. The number of benzene rings is 1. The predicted molar refractivity (Wildman–Crippen MR) is 105 cm³/mol. The first-order valence-corrected chi connectivity index (χ1v) is 10.4. The van der Waals surface area contributed by atoms with Gasteiger partial charge in [0.25, 0.3) is 10.0 Å². The first-order valence-electron chi connectivity index (χ1n) is 8.91. The Morgan fingerprint density at radius 3 is 2.32 bits per heavy atom. The molecule has 0 unspecified atom stereocenters. The summed E-state index contributed by atoms with van der Waals surface area (Å²) in [6.07, 6.45) is 3.43. The van der Waals surface area contributed by atoms with Crippen molar-refractivity contribution >= 4 is 21.8 Å². The van der Waals surface area contributed by atoms with Crippen LogP contribution in [0.25, 0.3) is 0 Å². The average Bonchev–Trinajstić information content (AvgIpc) is 2.69. The average molecular weight is 402 g/mol. The lowest BCUT2D eigenvalue weighted by molar-refractivity contribution is 0.131. The first-order chi connectivity index (χ1) is 13.4. The lowest BCUT2D eigenvalue weighted by Crippen LogP contribution is -2.40. The quantitative estimate of drug-likeness (QED) is 0.589. The van der Waals surface area contributed by atoms with Gasteiger partial charge in [0.2, 0.25) is 0 Å². The van der Waals surface area contributed by atoms with Crippen molar-refractivity contribution in [2.24, 2.45) is 11.0 Å². The van der Waals surface area contributed by atoms with Crippen LogP contribution >= 0.6 is 0 Å². The molecule has 3 rings (SSSR count). The molecule has 1 amide bonds. The highest BCUT2D eigenvalue weighted by Gasteiger charge is 2.27. The summed E-state index contributed by atoms with van der Waals surface area (Å²) < 4.78 is 25.2. The van der Waals surface area contributed by atoms with Crippen LogP contribution in [0.4, 0.5) is 4.79 Å². The van der Waals surface area contributed by atoms with Gasteiger partial charge in [-0.15, -0.1) is 0 Å². The third-order valence-corrected chi connectivity index (χ3v) is 5.97. The number of rotatable bonds is 5. The highest BCUT2D eigenvalue weighted by molar-refractivity contribution is 7.89. The van der Waals surface area contributed by atoms with E-state index < -0.39 is 16.1 Å². The van der Waals surface area contributed by atoms with Gasteiger partial charge in [0.1, 0.15) is 0 Å². The number of carbonyl (C=O) groups is 1. The van der Waals surface area contributed by atoms with Crippen LogP contribution in [0, 0.1) is 12.8 Å². The molecule has 0 saturated carbocycles. The molecule has 2 aromatic rings. The number of pyridine rings is 1. The third kappa shape index (κ3) is 4.66. The van der Waals surface area contributed by atoms with Crippen LogP contribution in [0.5, 0.6) is 0 Å². The zero-order valence-electron chi connectivity index (χ0n) is 15.4. The van der Waals surface area contributed by atoms with Gasteiger partial charge in [0, 0.05) is 37.0 Å². The van der Waals surface area contributed by atoms with E-state index in [1.165, 1.54) is 17.0 Å². The normalized spacial score (nSPS) is 16.0. The topological polar surface area (TPSA) is 112 Å². The number of sulfonamides is 1. The molecule has 148 valence electrons. The Labute approximate surface area is 164 Å². The van der Waals surface area contributed by atoms with Gasteiger partial charge in [-0.2, -0.15) is 18.4 Å². The summed E-state index contributed by atoms with van der Waals surface area (Å²) >= 11 is 0. The Morgan fingerprint density at radius 2 is 1.75 bits per heavy atom. The van der Waals surface area contributed by atoms with Gasteiger partial charge < -0.3 is 10.0 Å². The molecule has 1 saturated heterocycles. The maximum absolute atomic E-state index is 12.6. The predicted octanol–water partition coefficient (Wildman–Crippen LogP) is 2.46. The fraction of sp³-hybridized carbons (Fsp3) is 0.316. The monoisotopic (exact) mass is 402 g/mol. The number of piperidine rings is 1. The number of hydrogen-bond acceptors (Lipinski definition) is 5. The second kappa shape index (κ2) is 8.39. The molecule has 0 radical (unpaired) electrons. The van der Waals surface area contributed by atoms with E-state index in [1.54, 1.807) is 36.7 Å². The van der Waals surface area contributed by atoms with Crippen molar-refractivity contribution < 1.29 is 18.3 Å². The van der Waals surface area contributed by atoms with Crippen molar-refractivity contribution in [2.75, 3.05) is 13.1 Å². The number of amides is 1. The first kappa shape index (κ1) is 19.8. The standard InChI is InChI=1S/C19H22N4O4S/c1-14-2-4-17(5-3-14)28(26,27)22-21-18(15-6-10-20-11-7-15)16-8-12-23(13-9-16)19(24)25/h2-7,10-11,16,22H,8-9,12-13H2,1H3,(H,24,25)/b21-18+. The maximum atomic E-state index is 12.6. The van der Waals surface area contributed by atoms with Gasteiger partial charge in [-0.3, -0.25) is 4.98 Å². The summed E-state index contributed by atoms with van der Waals surface area (Å²) in [5.74, 6) is -0.0567. The number of likely N-dealkylation sites (tertiary alicyclic amines) is 1. The number of aryl methyl sites for hydroxylation is 1. The minimum atomic E-state index is -3.80. The van der Waals surface area contributed by atoms with Crippen LogP contribution in [0.1, 0.15) is 24.0 Å². The van der Waals surface area contributed by atoms with Crippen molar-refractivity contribution in [2.45, 2.75) is 24.7 Å². The van der Waals surface area contributed by atoms with Crippen LogP contribution < -0.4 is 4.83 Å². The Morgan fingerprint density at radius 1 is 1.14 bits per heavy atom. The molecule has 0 bridgehead atoms. The molecule has 2 heterocycles. The van der Waals surface area contributed by atoms with Gasteiger partial charge in [-0.05, 0) is 44.0 Å². The van der Waals surface area contributed by atoms with Gasteiger partial charge in [-0.1, -0.05) is 17.7 Å². The Bertz CT molecular complexity index is 951. The number of hydrazone groups is 1. The lowest BCUT2D eigenvalue weighted by Gasteiger charge is -2.30. The van der Waals surface area contributed by atoms with E-state index in [4.69, 9.17) is 5.11 Å². The van der Waals surface area contributed by atoms with E-state index in [0.29, 0.717) is 31.6 Å². The largest absolute Gasteiger partial charge is 0.465 e. The van der Waals surface area contributed by atoms with Gasteiger partial charge in [0.15, 0.2) is 0 Å². The van der Waals surface area contributed by atoms with Crippen molar-refractivity contribution in [1.82, 2.24) is 14.7 Å². The van der Waals surface area contributed by atoms with E-state index in [2.05, 4.69) is 14.9 Å². The molecule has 0 aliphatic carbocycles. The fourth-order valence-corrected chi connectivity index (χ4v) is 3.96. The number of nitrogens with one attached hydrogen (secondary N) is 1. The van der Waals surface area contributed by atoms with Crippen molar-refractivity contribution in [3.63, 3.8) is 0 Å². The molecule has 0 atom stereocenters. The summed E-state index contributed by atoms with van der Waals surface area (Å²) in [6, 6.07) is 10.0. The summed E-state index contributed by atoms with van der Waals surface area (Å²) in [5.41, 5.74) is 2.31. The van der Waals surface area contributed by atoms with E-state index in [-0.39, 0.29) is 10.8 Å². The Balaban J connectivity index is 1.85. The van der Waals surface area contributed by atoms with Crippen molar-refractivity contribution in [3.05, 3.63) is 59.9 Å². The van der Waals surface area contributed by atoms with Crippen molar-refractivity contribution in [3.8, 4) is 0 Å². The molecule has 1 aliphatic rings. The number of hydrogen-bond donors (Lipinski definition) is 2. The summed E-state index contributed by atoms with van der Waals surface area (Å²) in [4.78, 5) is 19.0. The molecule has 28 heavy (non-hydrogen) atoms. The number of carboxylic acid groups (broad SMARTS) is 1. The number of aromatic nitrogens is 1. The third-order valence-electron chi connectivity index (χ3n) is 4.75. The Kier molecular flexibility index (Phi) is 5.93. The molecule has 8 nitrogen and oxygen atoms in total. The van der Waals surface area contributed by atoms with Gasteiger partial charge in [0.05, 0.1) is 10.6 Å². The zero-order chi connectivity index (χ0) is 20.1. The van der Waals surface area contributed by atoms with Gasteiger partial charge >= 0.3 is 6.09 Å². The van der Waals surface area contributed by atoms with Gasteiger partial charge in [-0.25, -0.2) is 4.79 Å². The molecular formula is C19H22N4O4S. The molecule has 0 spiro atoms. The second-order valence-electron chi connectivity index (χ2n) is 6.68. The van der Waals surface area contributed by atoms with Crippen LogP contribution in [-0.2, 0) is 10.0 Å². The zero-order valence-corrected chi connectivity index (χ0v) is 16.3.